The van der Waals surface area contributed by atoms with Crippen molar-refractivity contribution in [3.63, 3.8) is 0 Å². The maximum absolute atomic E-state index is 6.47. The first kappa shape index (κ1) is 12.5. The third-order valence-electron chi connectivity index (χ3n) is 2.56. The average Bonchev–Trinajstić information content (AvgIpc) is 2.39. The summed E-state index contributed by atoms with van der Waals surface area (Å²) in [4.78, 5) is 0. The summed E-state index contributed by atoms with van der Waals surface area (Å²) in [5.41, 5.74) is 2.04. The fourth-order valence-electron chi connectivity index (χ4n) is 1.70. The number of methoxy groups -OCH3 is 1. The molecule has 0 aromatic heterocycles. The molecule has 2 aromatic rings. The third kappa shape index (κ3) is 2.82. The van der Waals surface area contributed by atoms with E-state index in [1.54, 1.807) is 7.11 Å². The van der Waals surface area contributed by atoms with Gasteiger partial charge in [0.2, 0.25) is 0 Å². The van der Waals surface area contributed by atoms with Gasteiger partial charge in [0.25, 0.3) is 0 Å². The normalized spacial score (nSPS) is 12.2. The van der Waals surface area contributed by atoms with Crippen LogP contribution in [0.25, 0.3) is 0 Å². The van der Waals surface area contributed by atoms with Crippen LogP contribution in [0.1, 0.15) is 16.5 Å². The van der Waals surface area contributed by atoms with Gasteiger partial charge in [-0.3, -0.25) is 0 Å². The van der Waals surface area contributed by atoms with Crippen LogP contribution < -0.4 is 4.74 Å². The number of benzene rings is 2. The Hall–Kier alpha value is -0.990. The molecule has 2 aromatic carbocycles. The molecule has 0 aliphatic rings. The molecule has 0 aliphatic heterocycles. The summed E-state index contributed by atoms with van der Waals surface area (Å²) in [6.07, 6.45) is 0. The Bertz CT molecular complexity index is 499. The second-order valence-electron chi connectivity index (χ2n) is 3.66. The summed E-state index contributed by atoms with van der Waals surface area (Å²) in [5, 5.41) is -0.195. The minimum absolute atomic E-state index is 0.195. The topological polar surface area (TPSA) is 9.23 Å². The summed E-state index contributed by atoms with van der Waals surface area (Å²) in [5.74, 6) is 0.795. The fraction of sp³-hybridized carbons (Fsp3) is 0.143. The summed E-state index contributed by atoms with van der Waals surface area (Å²) in [7, 11) is 1.65. The van der Waals surface area contributed by atoms with Gasteiger partial charge < -0.3 is 4.74 Å². The number of rotatable bonds is 3. The van der Waals surface area contributed by atoms with Crippen molar-refractivity contribution in [2.75, 3.05) is 7.11 Å². The lowest BCUT2D eigenvalue weighted by Gasteiger charge is -2.14. The van der Waals surface area contributed by atoms with Crippen LogP contribution in [0.4, 0.5) is 0 Å². The Kier molecular flexibility index (Phi) is 4.08. The van der Waals surface area contributed by atoms with Crippen LogP contribution in [0.15, 0.2) is 53.0 Å². The van der Waals surface area contributed by atoms with E-state index in [0.29, 0.717) is 0 Å². The maximum atomic E-state index is 6.47. The minimum Gasteiger partial charge on any atom is -0.496 e. The van der Waals surface area contributed by atoms with E-state index in [1.165, 1.54) is 0 Å². The van der Waals surface area contributed by atoms with Crippen LogP contribution in [0, 0.1) is 0 Å². The van der Waals surface area contributed by atoms with E-state index in [-0.39, 0.29) is 5.38 Å². The van der Waals surface area contributed by atoms with Crippen LogP contribution in [0.2, 0.25) is 0 Å². The smallest absolute Gasteiger partial charge is 0.125 e. The average molecular weight is 312 g/mol. The second-order valence-corrected chi connectivity index (χ2v) is 5.01. The molecule has 0 N–H and O–H groups in total. The van der Waals surface area contributed by atoms with Gasteiger partial charge in [0.1, 0.15) is 5.75 Å². The van der Waals surface area contributed by atoms with Gasteiger partial charge >= 0.3 is 0 Å². The predicted octanol–water partition coefficient (Wildman–Crippen LogP) is 4.79. The Labute approximate surface area is 115 Å². The summed E-state index contributed by atoms with van der Waals surface area (Å²) in [6, 6.07) is 15.8. The van der Waals surface area contributed by atoms with Crippen LogP contribution in [0.3, 0.4) is 0 Å². The number of hydrogen-bond acceptors (Lipinski definition) is 1. The maximum Gasteiger partial charge on any atom is 0.125 e. The third-order valence-corrected chi connectivity index (χ3v) is 3.54. The molecule has 0 heterocycles. The zero-order valence-corrected chi connectivity index (χ0v) is 11.7. The Balaban J connectivity index is 2.40. The van der Waals surface area contributed by atoms with Crippen molar-refractivity contribution in [3.05, 3.63) is 64.1 Å². The van der Waals surface area contributed by atoms with Crippen molar-refractivity contribution in [2.24, 2.45) is 0 Å². The van der Waals surface area contributed by atoms with Crippen molar-refractivity contribution in [2.45, 2.75) is 5.38 Å². The van der Waals surface area contributed by atoms with Gasteiger partial charge in [-0.15, -0.1) is 11.6 Å². The summed E-state index contributed by atoms with van der Waals surface area (Å²) >= 11 is 9.89. The van der Waals surface area contributed by atoms with Gasteiger partial charge in [-0.05, 0) is 17.7 Å². The van der Waals surface area contributed by atoms with Crippen molar-refractivity contribution in [1.29, 1.82) is 0 Å². The quantitative estimate of drug-likeness (QED) is 0.741. The zero-order valence-electron chi connectivity index (χ0n) is 9.36. The van der Waals surface area contributed by atoms with Gasteiger partial charge in [-0.2, -0.15) is 0 Å². The molecule has 1 nitrogen and oxygen atoms in total. The molecule has 0 spiro atoms. The predicted molar refractivity (Wildman–Crippen MR) is 74.8 cm³/mol. The van der Waals surface area contributed by atoms with Gasteiger partial charge in [0, 0.05) is 10.0 Å². The van der Waals surface area contributed by atoms with Crippen molar-refractivity contribution in [3.8, 4) is 5.75 Å². The van der Waals surface area contributed by atoms with E-state index < -0.39 is 0 Å². The van der Waals surface area contributed by atoms with Crippen LogP contribution in [-0.4, -0.2) is 7.11 Å². The van der Waals surface area contributed by atoms with E-state index in [4.69, 9.17) is 16.3 Å². The first-order valence-corrected chi connectivity index (χ1v) is 6.48. The van der Waals surface area contributed by atoms with Crippen molar-refractivity contribution in [1.82, 2.24) is 0 Å². The molecule has 0 bridgehead atoms. The highest BCUT2D eigenvalue weighted by atomic mass is 79.9. The Morgan fingerprint density at radius 2 is 1.82 bits per heavy atom. The van der Waals surface area contributed by atoms with Gasteiger partial charge in [-0.1, -0.05) is 52.3 Å². The van der Waals surface area contributed by atoms with E-state index in [2.05, 4.69) is 15.9 Å². The van der Waals surface area contributed by atoms with Crippen LogP contribution in [-0.2, 0) is 0 Å². The SMILES string of the molecule is COc1cc(Br)ccc1C(Cl)c1ccccc1. The Morgan fingerprint density at radius 3 is 2.47 bits per heavy atom. The molecule has 3 heteroatoms. The van der Waals surface area contributed by atoms with Gasteiger partial charge in [0.05, 0.1) is 12.5 Å². The van der Waals surface area contributed by atoms with Crippen LogP contribution in [0.5, 0.6) is 5.75 Å². The highest BCUT2D eigenvalue weighted by Crippen LogP contribution is 2.36. The highest BCUT2D eigenvalue weighted by molar-refractivity contribution is 9.10. The lowest BCUT2D eigenvalue weighted by atomic mass is 10.0. The lowest BCUT2D eigenvalue weighted by molar-refractivity contribution is 0.410. The molecule has 0 saturated carbocycles. The number of alkyl halides is 1. The number of halogens is 2. The molecule has 0 aliphatic carbocycles. The van der Waals surface area contributed by atoms with Gasteiger partial charge in [0.15, 0.2) is 0 Å². The minimum atomic E-state index is -0.195. The largest absolute Gasteiger partial charge is 0.496 e. The van der Waals surface area contributed by atoms with Crippen molar-refractivity contribution >= 4 is 27.5 Å². The summed E-state index contributed by atoms with van der Waals surface area (Å²) in [6.45, 7) is 0. The first-order valence-electron chi connectivity index (χ1n) is 5.25. The molecule has 1 atom stereocenters. The molecule has 2 rings (SSSR count). The molecule has 88 valence electrons. The van der Waals surface area contributed by atoms with Crippen molar-refractivity contribution < 1.29 is 4.74 Å². The standard InChI is InChI=1S/C14H12BrClO/c1-17-13-9-11(15)7-8-12(13)14(16)10-5-3-2-4-6-10/h2-9,14H,1H3. The molecular formula is C14H12BrClO. The van der Waals surface area contributed by atoms with E-state index >= 15 is 0 Å². The molecule has 0 saturated heterocycles. The Morgan fingerprint density at radius 1 is 1.12 bits per heavy atom. The second kappa shape index (κ2) is 5.56. The lowest BCUT2D eigenvalue weighted by Crippen LogP contribution is -1.97. The van der Waals surface area contributed by atoms with E-state index in [0.717, 1.165) is 21.3 Å². The fourth-order valence-corrected chi connectivity index (χ4v) is 2.36. The van der Waals surface area contributed by atoms with Crippen LogP contribution >= 0.6 is 27.5 Å². The number of hydrogen-bond donors (Lipinski definition) is 0. The monoisotopic (exact) mass is 310 g/mol. The molecule has 0 radical (unpaired) electrons. The molecule has 17 heavy (non-hydrogen) atoms. The molecule has 0 amide bonds. The molecular weight excluding hydrogens is 300 g/mol. The molecule has 0 fully saturated rings. The first-order chi connectivity index (χ1) is 8.22. The summed E-state index contributed by atoms with van der Waals surface area (Å²) < 4.78 is 6.34. The molecule has 1 unspecified atom stereocenters. The number of ether oxygens (including phenoxy) is 1. The zero-order chi connectivity index (χ0) is 12.3. The van der Waals surface area contributed by atoms with E-state index in [9.17, 15) is 0 Å². The van der Waals surface area contributed by atoms with E-state index in [1.807, 2.05) is 48.5 Å². The highest BCUT2D eigenvalue weighted by Gasteiger charge is 2.15. The van der Waals surface area contributed by atoms with Gasteiger partial charge in [-0.25, -0.2) is 0 Å².